The van der Waals surface area contributed by atoms with Crippen LogP contribution in [0.4, 0.5) is 0 Å². The first kappa shape index (κ1) is 13.0. The smallest absolute Gasteiger partial charge is 0.0471 e. The second-order valence-corrected chi connectivity index (χ2v) is 35.6. The maximum absolute atomic E-state index is 3.64. The van der Waals surface area contributed by atoms with Crippen molar-refractivity contribution in [2.75, 3.05) is 0 Å². The van der Waals surface area contributed by atoms with Gasteiger partial charge in [-0.15, -0.1) is 0 Å². The molecule has 0 aliphatic carbocycles. The van der Waals surface area contributed by atoms with Gasteiger partial charge in [-0.05, 0) is 5.92 Å². The molecule has 0 aromatic carbocycles. The molecule has 0 amide bonds. The van der Waals surface area contributed by atoms with Crippen LogP contribution >= 0.6 is 36.7 Å². The first-order valence-corrected chi connectivity index (χ1v) is 19.0. The predicted octanol–water partition coefficient (Wildman–Crippen LogP) is 4.01. The largest absolute Gasteiger partial charge is 0.0628 e. The van der Waals surface area contributed by atoms with Crippen molar-refractivity contribution in [3.63, 3.8) is 0 Å². The molecule has 0 rings (SSSR count). The van der Waals surface area contributed by atoms with E-state index in [1.54, 1.807) is 0 Å². The zero-order chi connectivity index (χ0) is 7.15. The zero-order valence-electron chi connectivity index (χ0n) is 4.92. The minimum atomic E-state index is -1.11. The summed E-state index contributed by atoms with van der Waals surface area (Å²) in [5.41, 5.74) is 0. The van der Waals surface area contributed by atoms with Crippen molar-refractivity contribution >= 4 is 36.7 Å². The van der Waals surface area contributed by atoms with E-state index in [4.69, 9.17) is 0 Å². The Morgan fingerprint density at radius 2 is 1.25 bits per heavy atom. The van der Waals surface area contributed by atoms with Gasteiger partial charge in [-0.25, -0.2) is 0 Å². The summed E-state index contributed by atoms with van der Waals surface area (Å²) in [6, 6.07) is 0. The van der Waals surface area contributed by atoms with Crippen molar-refractivity contribution in [3.05, 3.63) is 6.92 Å². The van der Waals surface area contributed by atoms with Gasteiger partial charge in [-0.1, -0.05) is 20.8 Å². The molecule has 0 aliphatic rings. The number of hydrogen-bond donors (Lipinski definition) is 0. The molecule has 1 radical (unpaired) electrons. The van der Waals surface area contributed by atoms with E-state index < -0.39 is 14.7 Å². The predicted molar refractivity (Wildman–Crippen MR) is 47.0 cm³/mol. The second-order valence-electron chi connectivity index (χ2n) is 1.61. The van der Waals surface area contributed by atoms with Crippen LogP contribution in [0.15, 0.2) is 0 Å². The Balaban J connectivity index is 0. The second kappa shape index (κ2) is 9.32. The van der Waals surface area contributed by atoms with Crippen molar-refractivity contribution < 1.29 is 14.7 Å². The van der Waals surface area contributed by atoms with Crippen molar-refractivity contribution in [1.29, 1.82) is 0 Å². The van der Waals surface area contributed by atoms with E-state index in [9.17, 15) is 0 Å². The van der Waals surface area contributed by atoms with E-state index >= 15 is 0 Å². The van der Waals surface area contributed by atoms with Crippen LogP contribution in [0.5, 0.6) is 0 Å². The summed E-state index contributed by atoms with van der Waals surface area (Å²) in [5.74, 6) is 0.583. The fraction of sp³-hybridized carbons (Fsp3) is 0.750. The monoisotopic (exact) mass is 384 g/mol. The van der Waals surface area contributed by atoms with Crippen molar-refractivity contribution in [3.8, 4) is 0 Å². The first-order valence-electron chi connectivity index (χ1n) is 2.13. The molecule has 0 atom stereocenters. The summed E-state index contributed by atoms with van der Waals surface area (Å²) in [7, 11) is 0. The molecule has 50 valence electrons. The molecule has 0 saturated heterocycles. The van der Waals surface area contributed by atoms with Crippen LogP contribution in [0.1, 0.15) is 13.8 Å². The average Bonchev–Trinajstić information content (AvgIpc) is 1.25. The van der Waals surface area contributed by atoms with Crippen molar-refractivity contribution in [2.45, 2.75) is 13.8 Å². The van der Waals surface area contributed by atoms with Gasteiger partial charge in [0, 0.05) is 0 Å². The molecule has 0 unspecified atom stereocenters. The van der Waals surface area contributed by atoms with Crippen molar-refractivity contribution in [1.82, 2.24) is 0 Å². The summed E-state index contributed by atoms with van der Waals surface area (Å²) >= 11 is 8.80. The molecule has 0 fully saturated rings. The first-order chi connectivity index (χ1) is 3.46. The third-order valence-electron chi connectivity index (χ3n) is 0. The molecule has 0 bridgehead atoms. The number of halogens is 3. The summed E-state index contributed by atoms with van der Waals surface area (Å²) in [6.45, 7) is 7.75. The van der Waals surface area contributed by atoms with Gasteiger partial charge in [-0.3, -0.25) is 0 Å². The molecule has 0 nitrogen and oxygen atoms in total. The van der Waals surface area contributed by atoms with Gasteiger partial charge >= 0.3 is 51.4 Å². The van der Waals surface area contributed by atoms with Crippen LogP contribution in [-0.2, 0) is 14.7 Å². The molecule has 4 heteroatoms. The van der Waals surface area contributed by atoms with E-state index in [2.05, 4.69) is 57.4 Å². The topological polar surface area (TPSA) is 0 Å². The van der Waals surface area contributed by atoms with Crippen LogP contribution in [0, 0.1) is 12.8 Å². The van der Waals surface area contributed by atoms with Gasteiger partial charge in [-0.2, -0.15) is 0 Å². The third-order valence-corrected chi connectivity index (χ3v) is 0. The van der Waals surface area contributed by atoms with E-state index in [0.717, 1.165) is 0 Å². The van der Waals surface area contributed by atoms with Crippen LogP contribution in [0.2, 0.25) is 0 Å². The minimum Gasteiger partial charge on any atom is -0.0628 e. The Kier molecular flexibility index (Phi) is 15.1. The van der Waals surface area contributed by atoms with E-state index in [-0.39, 0.29) is 0 Å². The number of rotatable bonds is 0. The minimum absolute atomic E-state index is 0.583. The molecule has 0 aromatic rings. The number of hydrogen-bond acceptors (Lipinski definition) is 0. The van der Waals surface area contributed by atoms with E-state index in [1.807, 2.05) is 0 Å². The molecule has 0 spiro atoms. The zero-order valence-corrected chi connectivity index (χ0v) is 12.1. The van der Waals surface area contributed by atoms with Gasteiger partial charge in [0.15, 0.2) is 0 Å². The van der Waals surface area contributed by atoms with E-state index in [0.29, 0.717) is 5.92 Å². The summed E-state index contributed by atoms with van der Waals surface area (Å²) in [6.07, 6.45) is 0. The maximum Gasteiger partial charge on any atom is -0.0471 e. The van der Waals surface area contributed by atoms with Gasteiger partial charge < -0.3 is 0 Å². The van der Waals surface area contributed by atoms with Gasteiger partial charge in [0.25, 0.3) is 0 Å². The Morgan fingerprint density at radius 3 is 1.25 bits per heavy atom. The van der Waals surface area contributed by atoms with Crippen LogP contribution in [-0.4, -0.2) is 0 Å². The Bertz CT molecular complexity index is 26.8. The van der Waals surface area contributed by atoms with Gasteiger partial charge in [0.2, 0.25) is 0 Å². The SMILES string of the molecule is [Br][Zr]([Br])[Br].[CH2]C(C)C. The molecule has 0 N–H and O–H groups in total. The van der Waals surface area contributed by atoms with Crippen molar-refractivity contribution in [2.24, 2.45) is 5.92 Å². The van der Waals surface area contributed by atoms with E-state index in [1.165, 1.54) is 0 Å². The molecule has 0 aromatic heterocycles. The third kappa shape index (κ3) is 82.7. The Morgan fingerprint density at radius 1 is 1.25 bits per heavy atom. The summed E-state index contributed by atoms with van der Waals surface area (Å²) < 4.78 is 0. The fourth-order valence-corrected chi connectivity index (χ4v) is 0. The van der Waals surface area contributed by atoms with Crippen LogP contribution < -0.4 is 0 Å². The summed E-state index contributed by atoms with van der Waals surface area (Å²) in [5, 5.41) is 0. The molecule has 8 heavy (non-hydrogen) atoms. The normalized spacial score (nSPS) is 7.88. The summed E-state index contributed by atoms with van der Waals surface area (Å²) in [4.78, 5) is 0. The molecular formula is C4H9Br3Zr. The van der Waals surface area contributed by atoms with Gasteiger partial charge in [0.05, 0.1) is 0 Å². The molecular weight excluding hydrogens is 379 g/mol. The Labute approximate surface area is 76.8 Å². The molecule has 0 aliphatic heterocycles. The standard InChI is InChI=1S/C4H9.3BrH.Zr/c1-4(2)3;;;;/h4H,1H2,2-3H3;3*1H;/q;;;;+3/p-3. The maximum atomic E-state index is 3.64. The van der Waals surface area contributed by atoms with Gasteiger partial charge in [0.1, 0.15) is 0 Å². The molecule has 0 heterocycles. The molecule has 0 saturated carbocycles. The van der Waals surface area contributed by atoms with Crippen LogP contribution in [0.3, 0.4) is 0 Å². The quantitative estimate of drug-likeness (QED) is 0.589. The van der Waals surface area contributed by atoms with Crippen LogP contribution in [0.25, 0.3) is 0 Å². The fourth-order valence-electron chi connectivity index (χ4n) is 0. The average molecular weight is 388 g/mol. The Hall–Kier alpha value is 2.32.